The molecule has 4 aromatic rings. The van der Waals surface area contributed by atoms with Crippen molar-refractivity contribution in [2.45, 2.75) is 0 Å². The molecule has 110 valence electrons. The fourth-order valence-corrected chi connectivity index (χ4v) is 3.14. The molecule has 0 aliphatic rings. The number of hydrogen-bond donors (Lipinski definition) is 0. The quantitative estimate of drug-likeness (QED) is 0.276. The van der Waals surface area contributed by atoms with E-state index in [9.17, 15) is 10.1 Å². The van der Waals surface area contributed by atoms with E-state index in [1.54, 1.807) is 12.1 Å². The van der Waals surface area contributed by atoms with Crippen LogP contribution in [0, 0.1) is 10.1 Å². The number of benzene rings is 4. The largest absolute Gasteiger partial charge is 0.277 e. The zero-order chi connectivity index (χ0) is 15.8. The first kappa shape index (κ1) is 13.5. The van der Waals surface area contributed by atoms with Gasteiger partial charge in [0.05, 0.1) is 10.5 Å². The van der Waals surface area contributed by atoms with E-state index in [0.717, 1.165) is 27.1 Å². The van der Waals surface area contributed by atoms with Crippen molar-refractivity contribution in [3.05, 3.63) is 89.0 Å². The third-order valence-corrected chi connectivity index (χ3v) is 4.16. The van der Waals surface area contributed by atoms with Crippen LogP contribution in [0.2, 0.25) is 0 Å². The van der Waals surface area contributed by atoms with E-state index in [1.165, 1.54) is 0 Å². The highest BCUT2D eigenvalue weighted by Crippen LogP contribution is 2.38. The first-order valence-corrected chi connectivity index (χ1v) is 7.40. The summed E-state index contributed by atoms with van der Waals surface area (Å²) in [4.78, 5) is 11.1. The second-order valence-corrected chi connectivity index (χ2v) is 5.47. The summed E-state index contributed by atoms with van der Waals surface area (Å²) in [6, 6.07) is 25.1. The summed E-state index contributed by atoms with van der Waals surface area (Å²) >= 11 is 0. The summed E-state index contributed by atoms with van der Waals surface area (Å²) in [5.41, 5.74) is 1.68. The summed E-state index contributed by atoms with van der Waals surface area (Å²) in [5.74, 6) is 0. The molecule has 0 fully saturated rings. The Hall–Kier alpha value is -3.20. The van der Waals surface area contributed by atoms with Crippen LogP contribution >= 0.6 is 0 Å². The van der Waals surface area contributed by atoms with Crippen LogP contribution in [0.5, 0.6) is 0 Å². The van der Waals surface area contributed by atoms with Gasteiger partial charge in [0.25, 0.3) is 5.69 Å². The van der Waals surface area contributed by atoms with Crippen LogP contribution in [0.15, 0.2) is 78.9 Å². The molecule has 23 heavy (non-hydrogen) atoms. The molecule has 0 unspecified atom stereocenters. The predicted octanol–water partition coefficient (Wildman–Crippen LogP) is 5.57. The smallest absolute Gasteiger partial charge is 0.258 e. The minimum absolute atomic E-state index is 0.132. The van der Waals surface area contributed by atoms with Gasteiger partial charge in [-0.1, -0.05) is 60.7 Å². The van der Waals surface area contributed by atoms with E-state index in [0.29, 0.717) is 5.56 Å². The number of fused-ring (bicyclic) bond motifs is 3. The summed E-state index contributed by atoms with van der Waals surface area (Å²) < 4.78 is 0. The Labute approximate surface area is 133 Å². The molecule has 3 nitrogen and oxygen atoms in total. The SMILES string of the molecule is O=[N+]([O-])c1ccccc1-c1cc2ccccc2c2ccccc12. The van der Waals surface area contributed by atoms with E-state index >= 15 is 0 Å². The minimum atomic E-state index is -0.320. The van der Waals surface area contributed by atoms with Crippen molar-refractivity contribution in [2.75, 3.05) is 0 Å². The lowest BCUT2D eigenvalue weighted by molar-refractivity contribution is -0.384. The van der Waals surface area contributed by atoms with Crippen molar-refractivity contribution in [1.29, 1.82) is 0 Å². The van der Waals surface area contributed by atoms with Crippen molar-refractivity contribution >= 4 is 27.2 Å². The molecule has 0 bridgehead atoms. The topological polar surface area (TPSA) is 43.1 Å². The lowest BCUT2D eigenvalue weighted by atomic mass is 9.92. The second-order valence-electron chi connectivity index (χ2n) is 5.47. The van der Waals surface area contributed by atoms with Crippen LogP contribution in [-0.4, -0.2) is 4.92 Å². The molecular formula is C20H13NO2. The number of rotatable bonds is 2. The Morgan fingerprint density at radius 2 is 1.26 bits per heavy atom. The minimum Gasteiger partial charge on any atom is -0.258 e. The van der Waals surface area contributed by atoms with Gasteiger partial charge in [-0.3, -0.25) is 10.1 Å². The maximum absolute atomic E-state index is 11.4. The highest BCUT2D eigenvalue weighted by atomic mass is 16.6. The van der Waals surface area contributed by atoms with Crippen LogP contribution in [0.3, 0.4) is 0 Å². The molecule has 0 amide bonds. The van der Waals surface area contributed by atoms with Gasteiger partial charge in [0.2, 0.25) is 0 Å². The molecule has 3 heteroatoms. The molecule has 4 rings (SSSR count). The Morgan fingerprint density at radius 3 is 2.04 bits per heavy atom. The van der Waals surface area contributed by atoms with E-state index < -0.39 is 0 Å². The average Bonchev–Trinajstić information content (AvgIpc) is 2.61. The van der Waals surface area contributed by atoms with Gasteiger partial charge in [-0.25, -0.2) is 0 Å². The molecule has 0 N–H and O–H groups in total. The van der Waals surface area contributed by atoms with Crippen LogP contribution in [0.4, 0.5) is 5.69 Å². The zero-order valence-electron chi connectivity index (χ0n) is 12.3. The normalized spacial score (nSPS) is 11.0. The van der Waals surface area contributed by atoms with Crippen LogP contribution in [0.25, 0.3) is 32.7 Å². The lowest BCUT2D eigenvalue weighted by Crippen LogP contribution is -1.92. The first-order valence-electron chi connectivity index (χ1n) is 7.40. The molecule has 0 saturated carbocycles. The molecule has 0 radical (unpaired) electrons. The van der Waals surface area contributed by atoms with Gasteiger partial charge in [0, 0.05) is 6.07 Å². The van der Waals surface area contributed by atoms with E-state index in [-0.39, 0.29) is 10.6 Å². The van der Waals surface area contributed by atoms with E-state index in [1.807, 2.05) is 54.6 Å². The molecule has 0 spiro atoms. The molecule has 0 aliphatic carbocycles. The average molecular weight is 299 g/mol. The molecule has 0 aliphatic heterocycles. The lowest BCUT2D eigenvalue weighted by Gasteiger charge is -2.11. The van der Waals surface area contributed by atoms with Gasteiger partial charge in [-0.15, -0.1) is 0 Å². The monoisotopic (exact) mass is 299 g/mol. The summed E-state index contributed by atoms with van der Waals surface area (Å²) in [6.07, 6.45) is 0. The summed E-state index contributed by atoms with van der Waals surface area (Å²) in [7, 11) is 0. The van der Waals surface area contributed by atoms with Crippen molar-refractivity contribution in [3.63, 3.8) is 0 Å². The summed E-state index contributed by atoms with van der Waals surface area (Å²) in [5, 5.41) is 15.8. The fraction of sp³-hybridized carbons (Fsp3) is 0. The van der Waals surface area contributed by atoms with Gasteiger partial charge in [0.1, 0.15) is 0 Å². The van der Waals surface area contributed by atoms with Crippen molar-refractivity contribution < 1.29 is 4.92 Å². The Morgan fingerprint density at radius 1 is 0.652 bits per heavy atom. The number of hydrogen-bond acceptors (Lipinski definition) is 2. The number of nitrogens with zero attached hydrogens (tertiary/aromatic N) is 1. The standard InChI is InChI=1S/C20H13NO2/c22-21(23)20-12-6-5-11-18(20)19-13-14-7-1-2-8-15(14)16-9-3-4-10-17(16)19/h1-13H. The van der Waals surface area contributed by atoms with E-state index in [4.69, 9.17) is 0 Å². The molecular weight excluding hydrogens is 286 g/mol. The van der Waals surface area contributed by atoms with Crippen LogP contribution < -0.4 is 0 Å². The highest BCUT2D eigenvalue weighted by molar-refractivity contribution is 6.14. The third-order valence-electron chi connectivity index (χ3n) is 4.16. The maximum Gasteiger partial charge on any atom is 0.277 e. The van der Waals surface area contributed by atoms with Crippen molar-refractivity contribution in [2.24, 2.45) is 0 Å². The first-order chi connectivity index (χ1) is 11.3. The third kappa shape index (κ3) is 2.14. The molecule has 4 aromatic carbocycles. The Balaban J connectivity index is 2.17. The van der Waals surface area contributed by atoms with Crippen LogP contribution in [-0.2, 0) is 0 Å². The number of nitro groups is 1. The molecule has 0 atom stereocenters. The van der Waals surface area contributed by atoms with Gasteiger partial charge in [-0.05, 0) is 39.2 Å². The predicted molar refractivity (Wildman–Crippen MR) is 93.5 cm³/mol. The second kappa shape index (κ2) is 5.21. The van der Waals surface area contributed by atoms with Crippen LogP contribution in [0.1, 0.15) is 0 Å². The van der Waals surface area contributed by atoms with Crippen molar-refractivity contribution in [1.82, 2.24) is 0 Å². The number of para-hydroxylation sites is 1. The zero-order valence-corrected chi connectivity index (χ0v) is 12.3. The van der Waals surface area contributed by atoms with Gasteiger partial charge in [-0.2, -0.15) is 0 Å². The van der Waals surface area contributed by atoms with Crippen molar-refractivity contribution in [3.8, 4) is 11.1 Å². The van der Waals surface area contributed by atoms with Gasteiger partial charge >= 0.3 is 0 Å². The highest BCUT2D eigenvalue weighted by Gasteiger charge is 2.17. The van der Waals surface area contributed by atoms with Gasteiger partial charge < -0.3 is 0 Å². The molecule has 0 heterocycles. The fourth-order valence-electron chi connectivity index (χ4n) is 3.14. The molecule has 0 aromatic heterocycles. The Kier molecular flexibility index (Phi) is 3.05. The summed E-state index contributed by atoms with van der Waals surface area (Å²) in [6.45, 7) is 0. The maximum atomic E-state index is 11.4. The number of nitro benzene ring substituents is 1. The Bertz CT molecular complexity index is 1050. The van der Waals surface area contributed by atoms with Gasteiger partial charge in [0.15, 0.2) is 0 Å². The molecule has 0 saturated heterocycles. The van der Waals surface area contributed by atoms with E-state index in [2.05, 4.69) is 12.1 Å².